The Morgan fingerprint density at radius 3 is 2.55 bits per heavy atom. The molecule has 1 unspecified atom stereocenters. The van der Waals surface area contributed by atoms with Gasteiger partial charge in [-0.3, -0.25) is 9.59 Å². The fourth-order valence-electron chi connectivity index (χ4n) is 2.39. The number of benzene rings is 2. The zero-order valence-electron chi connectivity index (χ0n) is 10.8. The van der Waals surface area contributed by atoms with Crippen molar-refractivity contribution in [3.63, 3.8) is 0 Å². The molecule has 4 heteroatoms. The van der Waals surface area contributed by atoms with Crippen LogP contribution < -0.4 is 5.32 Å². The number of fused-ring (bicyclic) bond motifs is 1. The molecule has 0 aromatic heterocycles. The number of halogens is 1. The minimum absolute atomic E-state index is 0.0592. The highest BCUT2D eigenvalue weighted by atomic mass is 79.9. The zero-order chi connectivity index (χ0) is 14.3. The molecule has 0 bridgehead atoms. The highest BCUT2D eigenvalue weighted by molar-refractivity contribution is 9.10. The number of nitrogens with one attached hydrogen (secondary N) is 1. The first kappa shape index (κ1) is 13.1. The van der Waals surface area contributed by atoms with Crippen molar-refractivity contribution < 1.29 is 9.59 Å². The number of rotatable bonds is 2. The molecule has 1 heterocycles. The van der Waals surface area contributed by atoms with Crippen LogP contribution in [0.15, 0.2) is 46.9 Å². The van der Waals surface area contributed by atoms with Crippen LogP contribution in [0.5, 0.6) is 0 Å². The third kappa shape index (κ3) is 2.06. The smallest absolute Gasteiger partial charge is 0.231 e. The number of hydrogen-bond donors (Lipinski definition) is 1. The second-order valence-electron chi connectivity index (χ2n) is 4.82. The Labute approximate surface area is 125 Å². The van der Waals surface area contributed by atoms with E-state index in [2.05, 4.69) is 21.2 Å². The van der Waals surface area contributed by atoms with E-state index in [9.17, 15) is 9.59 Å². The normalized spacial score (nSPS) is 16.7. The van der Waals surface area contributed by atoms with E-state index in [1.807, 2.05) is 31.2 Å². The van der Waals surface area contributed by atoms with Crippen molar-refractivity contribution in [1.82, 2.24) is 0 Å². The van der Waals surface area contributed by atoms with Crippen molar-refractivity contribution in [2.24, 2.45) is 0 Å². The van der Waals surface area contributed by atoms with Crippen molar-refractivity contribution in [2.45, 2.75) is 12.8 Å². The van der Waals surface area contributed by atoms with Gasteiger partial charge >= 0.3 is 0 Å². The molecule has 0 saturated carbocycles. The number of amides is 1. The summed E-state index contributed by atoms with van der Waals surface area (Å²) in [6, 6.07) is 12.7. The minimum atomic E-state index is -0.206. The van der Waals surface area contributed by atoms with E-state index in [-0.39, 0.29) is 17.6 Å². The molecule has 2 aromatic rings. The molecule has 1 aliphatic rings. The molecule has 0 aliphatic carbocycles. The molecule has 2 aromatic carbocycles. The van der Waals surface area contributed by atoms with Crippen LogP contribution in [0.1, 0.15) is 34.3 Å². The number of para-hydroxylation sites is 1. The molecule has 0 spiro atoms. The SMILES string of the molecule is CC1C(=O)Nc2c(C(=O)c3ccc(Br)cc3)cccc21. The summed E-state index contributed by atoms with van der Waals surface area (Å²) >= 11 is 3.35. The molecule has 3 nitrogen and oxygen atoms in total. The zero-order valence-corrected chi connectivity index (χ0v) is 12.4. The summed E-state index contributed by atoms with van der Waals surface area (Å²) < 4.78 is 0.925. The topological polar surface area (TPSA) is 46.2 Å². The van der Waals surface area contributed by atoms with Crippen LogP contribution in [0.3, 0.4) is 0 Å². The van der Waals surface area contributed by atoms with Crippen LogP contribution in [0, 0.1) is 0 Å². The third-order valence-corrected chi connectivity index (χ3v) is 4.08. The van der Waals surface area contributed by atoms with Crippen LogP contribution in [0.25, 0.3) is 0 Å². The van der Waals surface area contributed by atoms with E-state index in [1.54, 1.807) is 18.2 Å². The van der Waals surface area contributed by atoms with Gasteiger partial charge in [-0.1, -0.05) is 28.1 Å². The van der Waals surface area contributed by atoms with Gasteiger partial charge < -0.3 is 5.32 Å². The molecule has 1 amide bonds. The van der Waals surface area contributed by atoms with Crippen molar-refractivity contribution in [3.05, 3.63) is 63.6 Å². The average Bonchev–Trinajstić information content (AvgIpc) is 2.74. The average molecular weight is 330 g/mol. The lowest BCUT2D eigenvalue weighted by Gasteiger charge is -2.07. The summed E-state index contributed by atoms with van der Waals surface area (Å²) in [5.41, 5.74) is 2.69. The Morgan fingerprint density at radius 2 is 1.85 bits per heavy atom. The predicted molar refractivity (Wildman–Crippen MR) is 81.1 cm³/mol. The maximum absolute atomic E-state index is 12.6. The second-order valence-corrected chi connectivity index (χ2v) is 5.73. The number of hydrogen-bond acceptors (Lipinski definition) is 2. The monoisotopic (exact) mass is 329 g/mol. The third-order valence-electron chi connectivity index (χ3n) is 3.56. The molecule has 3 rings (SSSR count). The summed E-state index contributed by atoms with van der Waals surface area (Å²) in [6.45, 7) is 1.84. The first-order valence-electron chi connectivity index (χ1n) is 6.32. The Kier molecular flexibility index (Phi) is 3.18. The molecular weight excluding hydrogens is 318 g/mol. The number of ketones is 1. The molecule has 1 N–H and O–H groups in total. The van der Waals surface area contributed by atoms with Crippen LogP contribution in [-0.2, 0) is 4.79 Å². The Balaban J connectivity index is 2.06. The van der Waals surface area contributed by atoms with E-state index < -0.39 is 0 Å². The summed E-state index contributed by atoms with van der Waals surface area (Å²) in [7, 11) is 0. The van der Waals surface area contributed by atoms with Crippen molar-refractivity contribution in [2.75, 3.05) is 5.32 Å². The van der Waals surface area contributed by atoms with Gasteiger partial charge in [-0.15, -0.1) is 0 Å². The van der Waals surface area contributed by atoms with Gasteiger partial charge in [0.25, 0.3) is 0 Å². The predicted octanol–water partition coefficient (Wildman–Crippen LogP) is 3.74. The Bertz CT molecular complexity index is 707. The van der Waals surface area contributed by atoms with Gasteiger partial charge in [0.05, 0.1) is 11.6 Å². The van der Waals surface area contributed by atoms with Gasteiger partial charge in [-0.05, 0) is 42.8 Å². The molecule has 1 atom stereocenters. The number of anilines is 1. The first-order chi connectivity index (χ1) is 9.58. The van der Waals surface area contributed by atoms with E-state index in [1.165, 1.54) is 0 Å². The molecule has 20 heavy (non-hydrogen) atoms. The van der Waals surface area contributed by atoms with Crippen molar-refractivity contribution in [1.29, 1.82) is 0 Å². The van der Waals surface area contributed by atoms with Crippen LogP contribution >= 0.6 is 15.9 Å². The molecule has 0 saturated heterocycles. The van der Waals surface area contributed by atoms with Gasteiger partial charge in [0.15, 0.2) is 5.78 Å². The highest BCUT2D eigenvalue weighted by Gasteiger charge is 2.30. The maximum atomic E-state index is 12.6. The summed E-state index contributed by atoms with van der Waals surface area (Å²) in [5, 5.41) is 2.81. The summed E-state index contributed by atoms with van der Waals surface area (Å²) in [6.07, 6.45) is 0. The lowest BCUT2D eigenvalue weighted by atomic mass is 9.96. The highest BCUT2D eigenvalue weighted by Crippen LogP contribution is 2.35. The van der Waals surface area contributed by atoms with E-state index in [4.69, 9.17) is 0 Å². The van der Waals surface area contributed by atoms with Gasteiger partial charge in [0.1, 0.15) is 0 Å². The second kappa shape index (κ2) is 4.87. The fraction of sp³-hybridized carbons (Fsp3) is 0.125. The van der Waals surface area contributed by atoms with Crippen LogP contribution in [0.4, 0.5) is 5.69 Å². The van der Waals surface area contributed by atoms with Gasteiger partial charge in [-0.25, -0.2) is 0 Å². The Hall–Kier alpha value is -1.94. The lowest BCUT2D eigenvalue weighted by Crippen LogP contribution is -2.10. The van der Waals surface area contributed by atoms with Crippen molar-refractivity contribution in [3.8, 4) is 0 Å². The van der Waals surface area contributed by atoms with E-state index >= 15 is 0 Å². The molecule has 0 fully saturated rings. The standard InChI is InChI=1S/C16H12BrNO2/c1-9-12-3-2-4-13(14(12)18-16(9)20)15(19)10-5-7-11(17)8-6-10/h2-9H,1H3,(H,18,20). The quantitative estimate of drug-likeness (QED) is 0.853. The van der Waals surface area contributed by atoms with Crippen LogP contribution in [0.2, 0.25) is 0 Å². The fourth-order valence-corrected chi connectivity index (χ4v) is 2.65. The van der Waals surface area contributed by atoms with E-state index in [0.29, 0.717) is 16.8 Å². The Morgan fingerprint density at radius 1 is 1.15 bits per heavy atom. The molecular formula is C16H12BrNO2. The molecule has 1 aliphatic heterocycles. The number of carbonyl (C=O) groups excluding carboxylic acids is 2. The largest absolute Gasteiger partial charge is 0.325 e. The molecule has 100 valence electrons. The van der Waals surface area contributed by atoms with Crippen LogP contribution in [-0.4, -0.2) is 11.7 Å². The number of carbonyl (C=O) groups is 2. The van der Waals surface area contributed by atoms with E-state index in [0.717, 1.165) is 10.0 Å². The maximum Gasteiger partial charge on any atom is 0.231 e. The van der Waals surface area contributed by atoms with Crippen molar-refractivity contribution >= 4 is 33.3 Å². The lowest BCUT2D eigenvalue weighted by molar-refractivity contribution is -0.116. The first-order valence-corrected chi connectivity index (χ1v) is 7.11. The van der Waals surface area contributed by atoms with Gasteiger partial charge in [-0.2, -0.15) is 0 Å². The minimum Gasteiger partial charge on any atom is -0.325 e. The van der Waals surface area contributed by atoms with Gasteiger partial charge in [0, 0.05) is 15.6 Å². The van der Waals surface area contributed by atoms with Gasteiger partial charge in [0.2, 0.25) is 5.91 Å². The summed E-state index contributed by atoms with van der Waals surface area (Å²) in [5.74, 6) is -0.345. The summed E-state index contributed by atoms with van der Waals surface area (Å²) in [4.78, 5) is 24.3. The molecule has 0 radical (unpaired) electrons.